The second kappa shape index (κ2) is 14.0. The van der Waals surface area contributed by atoms with E-state index in [1.807, 2.05) is 19.9 Å². The van der Waals surface area contributed by atoms with Gasteiger partial charge in [0, 0.05) is 18.2 Å². The van der Waals surface area contributed by atoms with Gasteiger partial charge in [-0.15, -0.1) is 0 Å². The van der Waals surface area contributed by atoms with Crippen molar-refractivity contribution >= 4 is 34.2 Å². The average Bonchev–Trinajstić information content (AvgIpc) is 3.30. The van der Waals surface area contributed by atoms with Crippen LogP contribution in [0.15, 0.2) is 56.8 Å². The summed E-state index contributed by atoms with van der Waals surface area (Å²) in [5.74, 6) is 0.481. The molecule has 1 aliphatic carbocycles. The summed E-state index contributed by atoms with van der Waals surface area (Å²) in [6.07, 6.45) is 1.69. The summed E-state index contributed by atoms with van der Waals surface area (Å²) in [4.78, 5) is 68.5. The molecule has 0 radical (unpaired) electrons. The van der Waals surface area contributed by atoms with Crippen LogP contribution in [0.5, 0.6) is 17.2 Å². The minimum atomic E-state index is -0.826. The van der Waals surface area contributed by atoms with Gasteiger partial charge in [-0.2, -0.15) is 0 Å². The van der Waals surface area contributed by atoms with E-state index in [0.29, 0.717) is 69.9 Å². The zero-order chi connectivity index (χ0) is 34.7. The fraction of sp³-hybridized carbons (Fsp3) is 0.343. The second-order valence-corrected chi connectivity index (χ2v) is 11.8. The number of amides is 2. The molecule has 48 heavy (non-hydrogen) atoms. The van der Waals surface area contributed by atoms with Crippen molar-refractivity contribution in [1.29, 1.82) is 0 Å². The lowest BCUT2D eigenvalue weighted by Crippen LogP contribution is -2.40. The first-order valence-electron chi connectivity index (χ1n) is 15.6. The van der Waals surface area contributed by atoms with Gasteiger partial charge in [0.1, 0.15) is 6.04 Å². The number of aryl methyl sites for hydroxylation is 1. The van der Waals surface area contributed by atoms with Crippen LogP contribution in [-0.2, 0) is 16.0 Å². The number of ether oxygens (including phenoxy) is 3. The highest BCUT2D eigenvalue weighted by atomic mass is 16.5. The van der Waals surface area contributed by atoms with E-state index in [-0.39, 0.29) is 22.9 Å². The maximum Gasteiger partial charge on any atom is 0.314 e. The van der Waals surface area contributed by atoms with Gasteiger partial charge in [-0.25, -0.2) is 0 Å². The molecule has 5 rings (SSSR count). The van der Waals surface area contributed by atoms with Crippen molar-refractivity contribution in [2.24, 2.45) is 5.92 Å². The number of methoxy groups -OCH3 is 3. The van der Waals surface area contributed by atoms with Crippen LogP contribution in [0, 0.1) is 5.92 Å². The third kappa shape index (κ3) is 6.61. The largest absolute Gasteiger partial charge is 0.493 e. The first-order chi connectivity index (χ1) is 23.0. The van der Waals surface area contributed by atoms with Crippen LogP contribution in [0.4, 0.5) is 11.4 Å². The van der Waals surface area contributed by atoms with E-state index in [0.717, 1.165) is 5.56 Å². The minimum Gasteiger partial charge on any atom is -0.493 e. The summed E-state index contributed by atoms with van der Waals surface area (Å²) in [5.41, 5.74) is 2.26. The number of anilines is 2. The van der Waals surface area contributed by atoms with Crippen LogP contribution < -0.4 is 46.7 Å². The summed E-state index contributed by atoms with van der Waals surface area (Å²) in [6.45, 7) is 5.27. The van der Waals surface area contributed by atoms with Gasteiger partial charge in [0.2, 0.25) is 23.0 Å². The monoisotopic (exact) mass is 657 g/mol. The Balaban J connectivity index is 1.59. The third-order valence-corrected chi connectivity index (χ3v) is 8.71. The van der Waals surface area contributed by atoms with Gasteiger partial charge in [0.15, 0.2) is 11.5 Å². The summed E-state index contributed by atoms with van der Waals surface area (Å²) in [6, 6.07) is 10.2. The Hall–Kier alpha value is -5.59. The van der Waals surface area contributed by atoms with Gasteiger partial charge in [0.05, 0.1) is 44.1 Å². The molecule has 0 saturated carbocycles. The topological polar surface area (TPSA) is 181 Å². The van der Waals surface area contributed by atoms with E-state index in [1.165, 1.54) is 27.2 Å². The number of aromatic amines is 2. The zero-order valence-corrected chi connectivity index (χ0v) is 27.7. The van der Waals surface area contributed by atoms with E-state index >= 15 is 0 Å². The Kier molecular flexibility index (Phi) is 9.87. The lowest BCUT2D eigenvalue weighted by molar-refractivity contribution is -0.120. The fourth-order valence-electron chi connectivity index (χ4n) is 6.11. The lowest BCUT2D eigenvalue weighted by atomic mass is 9.95. The lowest BCUT2D eigenvalue weighted by Gasteiger charge is -2.24. The molecule has 2 amide bonds. The Morgan fingerprint density at radius 1 is 0.917 bits per heavy atom. The third-order valence-electron chi connectivity index (χ3n) is 8.71. The number of H-pyrrole nitrogens is 2. The van der Waals surface area contributed by atoms with Gasteiger partial charge < -0.3 is 40.1 Å². The number of aromatic nitrogens is 2. The van der Waals surface area contributed by atoms with E-state index in [1.54, 1.807) is 37.4 Å². The molecule has 5 N–H and O–H groups in total. The molecule has 0 fully saturated rings. The maximum atomic E-state index is 13.9. The van der Waals surface area contributed by atoms with Gasteiger partial charge in [-0.1, -0.05) is 26.3 Å². The number of nitrogens with one attached hydrogen (secondary N) is 5. The summed E-state index contributed by atoms with van der Waals surface area (Å²) >= 11 is 0. The van der Waals surface area contributed by atoms with E-state index in [4.69, 9.17) is 14.2 Å². The standard InChI is InChI=1S/C35H39N5O8/c1-7-17(2)30(33(43)37-20-9-12-24-26(15-20)40-35(45)34(44)39-24)38-25-13-10-21-22(16-27(25)42)23(36-18(3)41)11-8-19-14-28(46-4)31(47-5)32(48-6)29(19)21/h9-10,12-17,23,30H,7-8,11H2,1-6H3,(H,36,41)(H,37,43)(H,38,42)(H,39,44)(H,40,45)/t17-,23+,30+/m1/s1. The predicted octanol–water partition coefficient (Wildman–Crippen LogP) is 3.86. The summed E-state index contributed by atoms with van der Waals surface area (Å²) in [7, 11) is 4.60. The fourth-order valence-corrected chi connectivity index (χ4v) is 6.11. The maximum absolute atomic E-state index is 13.9. The molecule has 0 saturated heterocycles. The quantitative estimate of drug-likeness (QED) is 0.158. The van der Waals surface area contributed by atoms with E-state index < -0.39 is 29.1 Å². The molecule has 13 nitrogen and oxygen atoms in total. The van der Waals surface area contributed by atoms with Crippen molar-refractivity contribution < 1.29 is 23.8 Å². The van der Waals surface area contributed by atoms with Crippen LogP contribution >= 0.6 is 0 Å². The number of rotatable bonds is 10. The van der Waals surface area contributed by atoms with Crippen molar-refractivity contribution in [3.63, 3.8) is 0 Å². The number of carbonyl (C=O) groups excluding carboxylic acids is 2. The zero-order valence-electron chi connectivity index (χ0n) is 27.7. The average molecular weight is 658 g/mol. The minimum absolute atomic E-state index is 0.187. The molecular formula is C35H39N5O8. The smallest absolute Gasteiger partial charge is 0.314 e. The van der Waals surface area contributed by atoms with E-state index in [9.17, 15) is 24.0 Å². The van der Waals surface area contributed by atoms with Crippen LogP contribution in [-0.4, -0.2) is 49.2 Å². The molecule has 0 aliphatic heterocycles. The molecule has 1 aromatic heterocycles. The van der Waals surface area contributed by atoms with Crippen molar-refractivity contribution in [3.8, 4) is 28.4 Å². The molecule has 252 valence electrons. The summed E-state index contributed by atoms with van der Waals surface area (Å²) in [5, 5.41) is 9.05. The van der Waals surface area contributed by atoms with Crippen LogP contribution in [0.25, 0.3) is 22.2 Å². The highest BCUT2D eigenvalue weighted by molar-refractivity contribution is 5.98. The van der Waals surface area contributed by atoms with Gasteiger partial charge in [0.25, 0.3) is 0 Å². The number of hydrogen-bond donors (Lipinski definition) is 5. The highest BCUT2D eigenvalue weighted by Crippen LogP contribution is 2.50. The van der Waals surface area contributed by atoms with Gasteiger partial charge >= 0.3 is 11.1 Å². The molecule has 3 aromatic carbocycles. The Labute approximate surface area is 276 Å². The molecule has 0 spiro atoms. The number of carbonyl (C=O) groups is 2. The molecule has 3 atom stereocenters. The molecule has 1 aliphatic rings. The van der Waals surface area contributed by atoms with Crippen LogP contribution in [0.3, 0.4) is 0 Å². The van der Waals surface area contributed by atoms with Gasteiger partial charge in [-0.05, 0) is 71.8 Å². The highest BCUT2D eigenvalue weighted by Gasteiger charge is 2.30. The molecule has 1 heterocycles. The van der Waals surface area contributed by atoms with E-state index in [2.05, 4.69) is 25.9 Å². The normalized spacial score (nSPS) is 14.8. The second-order valence-electron chi connectivity index (χ2n) is 11.8. The Morgan fingerprint density at radius 2 is 1.62 bits per heavy atom. The molecule has 0 bridgehead atoms. The first kappa shape index (κ1) is 33.8. The summed E-state index contributed by atoms with van der Waals surface area (Å²) < 4.78 is 17.1. The Bertz CT molecular complexity index is 2070. The predicted molar refractivity (Wildman–Crippen MR) is 183 cm³/mol. The number of hydrogen-bond acceptors (Lipinski definition) is 9. The Morgan fingerprint density at radius 3 is 2.27 bits per heavy atom. The SMILES string of the molecule is CC[C@@H](C)[C@H](Nc1ccc2c(cc1=O)[C@@H](NC(C)=O)CCc1cc(OC)c(OC)c(OC)c1-2)C(=O)Nc1ccc2[nH]c(=O)c(=O)[nH]c2c1. The molecular weight excluding hydrogens is 618 g/mol. The van der Waals surface area contributed by atoms with Crippen molar-refractivity contribution in [2.45, 2.75) is 52.1 Å². The van der Waals surface area contributed by atoms with Crippen molar-refractivity contribution in [3.05, 3.63) is 84.5 Å². The molecule has 0 unspecified atom stereocenters. The van der Waals surface area contributed by atoms with Crippen LogP contribution in [0.2, 0.25) is 0 Å². The van der Waals surface area contributed by atoms with Crippen molar-refractivity contribution in [2.75, 3.05) is 32.0 Å². The number of benzene rings is 2. The molecule has 4 aromatic rings. The molecule has 13 heteroatoms. The van der Waals surface area contributed by atoms with Crippen LogP contribution in [0.1, 0.15) is 50.8 Å². The first-order valence-corrected chi connectivity index (χ1v) is 15.6. The van der Waals surface area contributed by atoms with Crippen molar-refractivity contribution in [1.82, 2.24) is 15.3 Å². The van der Waals surface area contributed by atoms with Gasteiger partial charge in [-0.3, -0.25) is 24.0 Å². The number of fused-ring (bicyclic) bond motifs is 4.